The quantitative estimate of drug-likeness (QED) is 0.203. The number of rotatable bonds is 12. The summed E-state index contributed by atoms with van der Waals surface area (Å²) >= 11 is 1.38. The van der Waals surface area contributed by atoms with Crippen LogP contribution >= 0.6 is 11.3 Å². The predicted molar refractivity (Wildman–Crippen MR) is 146 cm³/mol. The van der Waals surface area contributed by atoms with Crippen molar-refractivity contribution >= 4 is 35.1 Å². The third-order valence-electron chi connectivity index (χ3n) is 5.83. The van der Waals surface area contributed by atoms with Crippen molar-refractivity contribution in [2.45, 2.75) is 46.1 Å². The number of hydrogen-bond acceptors (Lipinski definition) is 9. The van der Waals surface area contributed by atoms with Crippen LogP contribution in [0.25, 0.3) is 0 Å². The Bertz CT molecular complexity index is 1270. The summed E-state index contributed by atoms with van der Waals surface area (Å²) in [5.74, 6) is -0.909. The lowest BCUT2D eigenvalue weighted by molar-refractivity contribution is -0.142. The summed E-state index contributed by atoms with van der Waals surface area (Å²) in [6.07, 6.45) is 2.40. The third kappa shape index (κ3) is 7.75. The van der Waals surface area contributed by atoms with Crippen LogP contribution in [-0.4, -0.2) is 59.1 Å². The maximum Gasteiger partial charge on any atom is 0.330 e. The fourth-order valence-corrected chi connectivity index (χ4v) is 4.73. The van der Waals surface area contributed by atoms with Crippen molar-refractivity contribution in [1.82, 2.24) is 20.6 Å². The Balaban J connectivity index is 1.59. The first-order chi connectivity index (χ1) is 18.2. The van der Waals surface area contributed by atoms with Gasteiger partial charge in [-0.15, -0.1) is 11.3 Å². The van der Waals surface area contributed by atoms with Crippen molar-refractivity contribution in [3.63, 3.8) is 0 Å². The van der Waals surface area contributed by atoms with Crippen molar-refractivity contribution in [2.75, 3.05) is 25.5 Å². The smallest absolute Gasteiger partial charge is 0.330 e. The number of phenolic OH excluding ortho intramolecular Hbond substituents is 1. The van der Waals surface area contributed by atoms with Crippen LogP contribution in [0.4, 0.5) is 5.95 Å². The van der Waals surface area contributed by atoms with Gasteiger partial charge in [-0.25, -0.2) is 14.8 Å². The molecular weight excluding hydrogens is 506 g/mol. The summed E-state index contributed by atoms with van der Waals surface area (Å²) in [5.41, 5.74) is 2.18. The number of phenols is 1. The summed E-state index contributed by atoms with van der Waals surface area (Å²) in [5, 5.41) is 18.1. The summed E-state index contributed by atoms with van der Waals surface area (Å²) in [7, 11) is 1.22. The summed E-state index contributed by atoms with van der Waals surface area (Å²) in [4.78, 5) is 48.3. The minimum atomic E-state index is -1.09. The van der Waals surface area contributed by atoms with Gasteiger partial charge in [-0.1, -0.05) is 19.1 Å². The number of aromatic hydroxyl groups is 1. The van der Waals surface area contributed by atoms with E-state index in [4.69, 9.17) is 4.74 Å². The number of nitrogens with zero attached hydrogens (tertiary/aromatic N) is 2. The first-order valence-electron chi connectivity index (χ1n) is 12.3. The zero-order valence-corrected chi connectivity index (χ0v) is 22.8. The molecule has 0 bridgehead atoms. The lowest BCUT2D eigenvalue weighted by Crippen LogP contribution is -2.49. The molecule has 2 amide bonds. The van der Waals surface area contributed by atoms with Crippen molar-refractivity contribution in [2.24, 2.45) is 0 Å². The molecule has 0 aliphatic heterocycles. The molecule has 1 unspecified atom stereocenters. The number of thiophene rings is 1. The highest BCUT2D eigenvalue weighted by molar-refractivity contribution is 7.14. The number of carbonyl (C=O) groups is 3. The minimum Gasteiger partial charge on any atom is -0.508 e. The highest BCUT2D eigenvalue weighted by Gasteiger charge is 2.26. The molecule has 10 nitrogen and oxygen atoms in total. The number of benzene rings is 1. The molecule has 1 atom stereocenters. The number of methoxy groups -OCH3 is 1. The van der Waals surface area contributed by atoms with Crippen LogP contribution < -0.4 is 16.0 Å². The second-order valence-corrected chi connectivity index (χ2v) is 9.84. The molecule has 1 aromatic carbocycles. The summed E-state index contributed by atoms with van der Waals surface area (Å²) < 4.78 is 4.82. The van der Waals surface area contributed by atoms with Crippen LogP contribution in [0.5, 0.6) is 5.75 Å². The molecule has 3 aromatic rings. The molecule has 0 fully saturated rings. The normalized spacial score (nSPS) is 11.5. The van der Waals surface area contributed by atoms with Gasteiger partial charge in [0.15, 0.2) is 0 Å². The average molecular weight is 540 g/mol. The SMILES string of the molecule is CCc1ccc(C(=O)NCC(NC(=O)c2c(C)nc(NCCCc3cccc(O)c3)nc2C)C(=O)OC)s1. The predicted octanol–water partition coefficient (Wildman–Crippen LogP) is 3.17. The van der Waals surface area contributed by atoms with Crippen LogP contribution in [0.3, 0.4) is 0 Å². The van der Waals surface area contributed by atoms with Crippen LogP contribution in [0.2, 0.25) is 0 Å². The third-order valence-corrected chi connectivity index (χ3v) is 7.05. The van der Waals surface area contributed by atoms with Crippen molar-refractivity contribution < 1.29 is 24.2 Å². The van der Waals surface area contributed by atoms with Gasteiger partial charge in [-0.2, -0.15) is 0 Å². The van der Waals surface area contributed by atoms with Gasteiger partial charge in [0.2, 0.25) is 5.95 Å². The number of nitrogens with one attached hydrogen (secondary N) is 3. The van der Waals surface area contributed by atoms with E-state index >= 15 is 0 Å². The van der Waals surface area contributed by atoms with Gasteiger partial charge in [-0.05, 0) is 62.9 Å². The van der Waals surface area contributed by atoms with Gasteiger partial charge in [0.05, 0.1) is 28.9 Å². The molecule has 38 heavy (non-hydrogen) atoms. The Morgan fingerprint density at radius 3 is 2.45 bits per heavy atom. The van der Waals surface area contributed by atoms with Gasteiger partial charge in [0.1, 0.15) is 11.8 Å². The van der Waals surface area contributed by atoms with E-state index in [1.165, 1.54) is 18.4 Å². The molecule has 0 saturated carbocycles. The van der Waals surface area contributed by atoms with Crippen molar-refractivity contribution in [1.29, 1.82) is 0 Å². The Kier molecular flexibility index (Phi) is 10.2. The largest absolute Gasteiger partial charge is 0.508 e. The highest BCUT2D eigenvalue weighted by Crippen LogP contribution is 2.17. The molecule has 2 aromatic heterocycles. The number of anilines is 1. The van der Waals surface area contributed by atoms with E-state index in [0.717, 1.165) is 29.7 Å². The van der Waals surface area contributed by atoms with Gasteiger partial charge in [0.25, 0.3) is 11.8 Å². The number of carbonyl (C=O) groups excluding carboxylic acids is 3. The van der Waals surface area contributed by atoms with Gasteiger partial charge in [-0.3, -0.25) is 9.59 Å². The Hall–Kier alpha value is -3.99. The van der Waals surface area contributed by atoms with E-state index in [1.807, 2.05) is 25.1 Å². The number of ether oxygens (including phenoxy) is 1. The molecule has 3 rings (SSSR count). The number of aromatic nitrogens is 2. The fourth-order valence-electron chi connectivity index (χ4n) is 3.87. The Morgan fingerprint density at radius 1 is 1.08 bits per heavy atom. The number of aryl methyl sites for hydroxylation is 4. The molecule has 0 aliphatic carbocycles. The monoisotopic (exact) mass is 539 g/mol. The first-order valence-corrected chi connectivity index (χ1v) is 13.2. The van der Waals surface area contributed by atoms with E-state index in [-0.39, 0.29) is 23.8 Å². The van der Waals surface area contributed by atoms with Gasteiger partial charge < -0.3 is 25.8 Å². The topological polar surface area (TPSA) is 143 Å². The molecule has 2 heterocycles. The zero-order valence-electron chi connectivity index (χ0n) is 22.0. The molecule has 202 valence electrons. The maximum atomic E-state index is 13.1. The Labute approximate surface area is 225 Å². The van der Waals surface area contributed by atoms with E-state index in [1.54, 1.807) is 32.0 Å². The number of hydrogen-bond donors (Lipinski definition) is 4. The lowest BCUT2D eigenvalue weighted by Gasteiger charge is -2.18. The summed E-state index contributed by atoms with van der Waals surface area (Å²) in [6.45, 7) is 5.87. The lowest BCUT2D eigenvalue weighted by atomic mass is 10.1. The van der Waals surface area contributed by atoms with Gasteiger partial charge in [0, 0.05) is 18.0 Å². The number of amides is 2. The van der Waals surface area contributed by atoms with Gasteiger partial charge >= 0.3 is 5.97 Å². The highest BCUT2D eigenvalue weighted by atomic mass is 32.1. The molecule has 0 saturated heterocycles. The fraction of sp³-hybridized carbons (Fsp3) is 0.370. The van der Waals surface area contributed by atoms with Crippen molar-refractivity contribution in [3.8, 4) is 5.75 Å². The molecule has 11 heteroatoms. The maximum absolute atomic E-state index is 13.1. The van der Waals surface area contributed by atoms with Crippen LogP contribution in [0.1, 0.15) is 55.2 Å². The molecule has 4 N–H and O–H groups in total. The van der Waals surface area contributed by atoms with E-state index < -0.39 is 17.9 Å². The second kappa shape index (κ2) is 13.5. The standard InChI is InChI=1S/C27H33N5O5S/c1-5-20-11-12-22(38-20)24(34)29-15-21(26(36)37-4)32-25(35)23-16(2)30-27(31-17(23)3)28-13-7-9-18-8-6-10-19(33)14-18/h6,8,10-12,14,21,33H,5,7,9,13,15H2,1-4H3,(H,29,34)(H,32,35)(H,28,30,31). The molecular formula is C27H33N5O5S. The van der Waals surface area contributed by atoms with E-state index in [9.17, 15) is 19.5 Å². The second-order valence-electron chi connectivity index (χ2n) is 8.67. The van der Waals surface area contributed by atoms with Crippen LogP contribution in [0.15, 0.2) is 36.4 Å². The zero-order chi connectivity index (χ0) is 27.7. The Morgan fingerprint density at radius 2 is 1.82 bits per heavy atom. The minimum absolute atomic E-state index is 0.131. The van der Waals surface area contributed by atoms with E-state index in [2.05, 4.69) is 25.9 Å². The van der Waals surface area contributed by atoms with Crippen LogP contribution in [0, 0.1) is 13.8 Å². The molecule has 0 spiro atoms. The summed E-state index contributed by atoms with van der Waals surface area (Å²) in [6, 6.07) is 9.66. The van der Waals surface area contributed by atoms with Crippen LogP contribution in [-0.2, 0) is 22.4 Å². The molecule has 0 radical (unpaired) electrons. The average Bonchev–Trinajstić information content (AvgIpc) is 3.37. The molecule has 0 aliphatic rings. The van der Waals surface area contributed by atoms with E-state index in [0.29, 0.717) is 28.8 Å². The van der Waals surface area contributed by atoms with Crippen molar-refractivity contribution in [3.05, 3.63) is 68.7 Å². The first kappa shape index (κ1) is 28.6. The number of esters is 1.